The predicted molar refractivity (Wildman–Crippen MR) is 114 cm³/mol. The second-order valence-corrected chi connectivity index (χ2v) is 7.90. The minimum Gasteiger partial charge on any atom is -0.465 e. The van der Waals surface area contributed by atoms with Crippen LogP contribution in [0.3, 0.4) is 0 Å². The molecule has 1 aliphatic rings. The zero-order valence-corrected chi connectivity index (χ0v) is 17.8. The zero-order valence-electron chi connectivity index (χ0n) is 17.8. The summed E-state index contributed by atoms with van der Waals surface area (Å²) in [5.41, 5.74) is 2.83. The third-order valence-electron chi connectivity index (χ3n) is 5.71. The van der Waals surface area contributed by atoms with Crippen molar-refractivity contribution in [3.8, 4) is 0 Å². The molecule has 1 unspecified atom stereocenters. The Morgan fingerprint density at radius 3 is 2.39 bits per heavy atom. The Balaban J connectivity index is 1.66. The fourth-order valence-electron chi connectivity index (χ4n) is 3.82. The summed E-state index contributed by atoms with van der Waals surface area (Å²) in [5, 5.41) is 2.97. The van der Waals surface area contributed by atoms with Crippen LogP contribution >= 0.6 is 0 Å². The van der Waals surface area contributed by atoms with Crippen LogP contribution in [0.2, 0.25) is 0 Å². The van der Waals surface area contributed by atoms with E-state index in [0.717, 1.165) is 11.1 Å². The first-order chi connectivity index (χ1) is 14.9. The average molecular weight is 430 g/mol. The van der Waals surface area contributed by atoms with Crippen LogP contribution in [-0.2, 0) is 22.8 Å². The highest BCUT2D eigenvalue weighted by Crippen LogP contribution is 2.24. The number of alkyl halides is 2. The molecule has 1 heterocycles. The maximum atomic E-state index is 14.1. The van der Waals surface area contributed by atoms with Crippen molar-refractivity contribution in [3.05, 3.63) is 70.8 Å². The number of carbonyl (C=O) groups is 2. The highest BCUT2D eigenvalue weighted by atomic mass is 19.1. The quantitative estimate of drug-likeness (QED) is 0.672. The summed E-state index contributed by atoms with van der Waals surface area (Å²) in [6.45, 7) is 2.31. The molecule has 0 saturated carbocycles. The van der Waals surface area contributed by atoms with E-state index in [2.05, 4.69) is 5.32 Å². The van der Waals surface area contributed by atoms with Crippen LogP contribution in [-0.4, -0.2) is 42.6 Å². The number of amides is 1. The van der Waals surface area contributed by atoms with Crippen LogP contribution in [0.1, 0.15) is 52.9 Å². The lowest BCUT2D eigenvalue weighted by atomic mass is 9.97. The van der Waals surface area contributed by atoms with Gasteiger partial charge in [-0.25, -0.2) is 13.6 Å². The third-order valence-corrected chi connectivity index (χ3v) is 5.71. The first-order valence-electron chi connectivity index (χ1n) is 10.4. The number of halogens is 2. The van der Waals surface area contributed by atoms with Crippen molar-refractivity contribution in [2.45, 2.75) is 51.2 Å². The third kappa shape index (κ3) is 5.88. The molecular weight excluding hydrogens is 402 g/mol. The molecule has 1 amide bonds. The van der Waals surface area contributed by atoms with E-state index >= 15 is 0 Å². The number of nitrogens with one attached hydrogen (secondary N) is 1. The second-order valence-electron chi connectivity index (χ2n) is 7.90. The fourth-order valence-corrected chi connectivity index (χ4v) is 3.82. The molecule has 1 saturated heterocycles. The minimum absolute atomic E-state index is 0.141. The lowest BCUT2D eigenvalue weighted by Gasteiger charge is -2.36. The summed E-state index contributed by atoms with van der Waals surface area (Å²) >= 11 is 0. The van der Waals surface area contributed by atoms with E-state index < -0.39 is 24.9 Å². The Hall–Kier alpha value is -2.80. The Labute approximate surface area is 181 Å². The number of ether oxygens (including phenoxy) is 1. The standard InChI is InChI=1S/C24H28F2N2O3/c1-16(19-7-9-20(10-8-19)24(30)31-2)27-23(29)22-13-21(26)11-12-28(22)15-18-5-3-17(14-25)4-6-18/h3-10,16,21-22H,11-15H2,1-2H3,(H,27,29)/t16-,21?,22+/m0/s1. The zero-order chi connectivity index (χ0) is 22.4. The van der Waals surface area contributed by atoms with Gasteiger partial charge in [-0.15, -0.1) is 0 Å². The molecule has 1 fully saturated rings. The van der Waals surface area contributed by atoms with Crippen molar-refractivity contribution in [1.29, 1.82) is 0 Å². The number of likely N-dealkylation sites (tertiary alicyclic amines) is 1. The molecule has 3 atom stereocenters. The van der Waals surface area contributed by atoms with Gasteiger partial charge in [-0.05, 0) is 42.2 Å². The molecule has 0 aromatic heterocycles. The van der Waals surface area contributed by atoms with Crippen LogP contribution in [0.15, 0.2) is 48.5 Å². The highest BCUT2D eigenvalue weighted by Gasteiger charge is 2.34. The van der Waals surface area contributed by atoms with E-state index in [-0.39, 0.29) is 18.4 Å². The molecule has 0 spiro atoms. The van der Waals surface area contributed by atoms with E-state index in [1.54, 1.807) is 36.4 Å². The van der Waals surface area contributed by atoms with Gasteiger partial charge in [-0.1, -0.05) is 36.4 Å². The molecule has 5 nitrogen and oxygen atoms in total. The molecular formula is C24H28F2N2O3. The topological polar surface area (TPSA) is 58.6 Å². The van der Waals surface area contributed by atoms with Crippen molar-refractivity contribution < 1.29 is 23.1 Å². The van der Waals surface area contributed by atoms with Crippen LogP contribution in [0, 0.1) is 0 Å². The van der Waals surface area contributed by atoms with E-state index in [1.807, 2.05) is 24.0 Å². The van der Waals surface area contributed by atoms with Crippen molar-refractivity contribution in [2.24, 2.45) is 0 Å². The molecule has 2 aromatic rings. The largest absolute Gasteiger partial charge is 0.465 e. The van der Waals surface area contributed by atoms with Crippen molar-refractivity contribution in [1.82, 2.24) is 10.2 Å². The number of methoxy groups -OCH3 is 1. The lowest BCUT2D eigenvalue weighted by Crippen LogP contribution is -2.51. The summed E-state index contributed by atoms with van der Waals surface area (Å²) in [7, 11) is 1.32. The van der Waals surface area contributed by atoms with Gasteiger partial charge in [0.25, 0.3) is 0 Å². The summed E-state index contributed by atoms with van der Waals surface area (Å²) in [4.78, 5) is 26.6. The molecule has 1 N–H and O–H groups in total. The lowest BCUT2D eigenvalue weighted by molar-refractivity contribution is -0.129. The van der Waals surface area contributed by atoms with Crippen LogP contribution < -0.4 is 5.32 Å². The van der Waals surface area contributed by atoms with E-state index in [1.165, 1.54) is 7.11 Å². The number of esters is 1. The Morgan fingerprint density at radius 2 is 1.77 bits per heavy atom. The number of benzene rings is 2. The highest BCUT2D eigenvalue weighted by molar-refractivity contribution is 5.89. The van der Waals surface area contributed by atoms with Gasteiger partial charge in [0, 0.05) is 19.5 Å². The molecule has 7 heteroatoms. The van der Waals surface area contributed by atoms with Gasteiger partial charge in [0.2, 0.25) is 5.91 Å². The molecule has 31 heavy (non-hydrogen) atoms. The van der Waals surface area contributed by atoms with Gasteiger partial charge in [-0.3, -0.25) is 9.69 Å². The van der Waals surface area contributed by atoms with Crippen LogP contribution in [0.25, 0.3) is 0 Å². The predicted octanol–water partition coefficient (Wildman–Crippen LogP) is 4.12. The van der Waals surface area contributed by atoms with Gasteiger partial charge >= 0.3 is 5.97 Å². The maximum Gasteiger partial charge on any atom is 0.337 e. The molecule has 0 bridgehead atoms. The normalized spacial score (nSPS) is 20.1. The van der Waals surface area contributed by atoms with Gasteiger partial charge in [0.1, 0.15) is 12.8 Å². The van der Waals surface area contributed by atoms with Gasteiger partial charge in [-0.2, -0.15) is 0 Å². The molecule has 3 rings (SSSR count). The number of nitrogens with zero attached hydrogens (tertiary/aromatic N) is 1. The number of carbonyl (C=O) groups excluding carboxylic acids is 2. The number of piperidine rings is 1. The number of rotatable bonds is 7. The van der Waals surface area contributed by atoms with Crippen LogP contribution in [0.4, 0.5) is 8.78 Å². The van der Waals surface area contributed by atoms with Gasteiger partial charge < -0.3 is 10.1 Å². The first-order valence-corrected chi connectivity index (χ1v) is 10.4. The molecule has 2 aromatic carbocycles. The van der Waals surface area contributed by atoms with Crippen LogP contribution in [0.5, 0.6) is 0 Å². The second kappa shape index (κ2) is 10.5. The van der Waals surface area contributed by atoms with E-state index in [9.17, 15) is 18.4 Å². The summed E-state index contributed by atoms with van der Waals surface area (Å²) in [5.74, 6) is -0.651. The summed E-state index contributed by atoms with van der Waals surface area (Å²) < 4.78 is 31.6. The van der Waals surface area contributed by atoms with Crippen molar-refractivity contribution >= 4 is 11.9 Å². The first kappa shape index (κ1) is 22.9. The Kier molecular flexibility index (Phi) is 7.74. The van der Waals surface area contributed by atoms with Crippen molar-refractivity contribution in [3.63, 3.8) is 0 Å². The SMILES string of the molecule is COC(=O)c1ccc([C@H](C)NC(=O)[C@H]2CC(F)CCN2Cc2ccc(CF)cc2)cc1. The van der Waals surface area contributed by atoms with Crippen molar-refractivity contribution in [2.75, 3.05) is 13.7 Å². The smallest absolute Gasteiger partial charge is 0.337 e. The molecule has 1 aliphatic heterocycles. The van der Waals surface area contributed by atoms with E-state index in [0.29, 0.717) is 30.6 Å². The Bertz CT molecular complexity index is 887. The number of hydrogen-bond donors (Lipinski definition) is 1. The van der Waals surface area contributed by atoms with E-state index in [4.69, 9.17) is 4.74 Å². The minimum atomic E-state index is -1.02. The van der Waals surface area contributed by atoms with Gasteiger partial charge in [0.05, 0.1) is 24.8 Å². The molecule has 166 valence electrons. The van der Waals surface area contributed by atoms with Gasteiger partial charge in [0.15, 0.2) is 0 Å². The Morgan fingerprint density at radius 1 is 1.13 bits per heavy atom. The molecule has 0 aliphatic carbocycles. The monoisotopic (exact) mass is 430 g/mol. The maximum absolute atomic E-state index is 14.1. The summed E-state index contributed by atoms with van der Waals surface area (Å²) in [6, 6.07) is 13.1. The fraction of sp³-hybridized carbons (Fsp3) is 0.417. The average Bonchev–Trinajstić information content (AvgIpc) is 2.80. The molecule has 0 radical (unpaired) electrons. The number of hydrogen-bond acceptors (Lipinski definition) is 4. The summed E-state index contributed by atoms with van der Waals surface area (Å²) in [6.07, 6.45) is -0.491.